The van der Waals surface area contributed by atoms with E-state index < -0.39 is 0 Å². The molecule has 0 aliphatic rings. The van der Waals surface area contributed by atoms with E-state index in [-0.39, 0.29) is 11.7 Å². The molecule has 0 atom stereocenters. The molecule has 0 saturated heterocycles. The minimum atomic E-state index is -0.330. The molecule has 2 aromatic rings. The summed E-state index contributed by atoms with van der Waals surface area (Å²) in [6.45, 7) is 0.353. The maximum atomic E-state index is 13.0. The van der Waals surface area contributed by atoms with Gasteiger partial charge in [0.25, 0.3) is 0 Å². The lowest BCUT2D eigenvalue weighted by Crippen LogP contribution is -2.20. The van der Waals surface area contributed by atoms with Crippen molar-refractivity contribution in [1.29, 1.82) is 0 Å². The summed E-state index contributed by atoms with van der Waals surface area (Å²) in [4.78, 5) is 11.7. The molecule has 0 heterocycles. The van der Waals surface area contributed by atoms with Gasteiger partial charge in [-0.25, -0.2) is 4.39 Å². The van der Waals surface area contributed by atoms with Crippen LogP contribution in [0.2, 0.25) is 5.02 Å². The second-order valence-corrected chi connectivity index (χ2v) is 4.60. The van der Waals surface area contributed by atoms with Gasteiger partial charge < -0.3 is 5.32 Å². The van der Waals surface area contributed by atoms with Crippen molar-refractivity contribution < 1.29 is 9.18 Å². The van der Waals surface area contributed by atoms with Gasteiger partial charge in [0.2, 0.25) is 5.91 Å². The molecule has 2 aromatic carbocycles. The van der Waals surface area contributed by atoms with Gasteiger partial charge in [0.15, 0.2) is 0 Å². The molecule has 0 spiro atoms. The van der Waals surface area contributed by atoms with Gasteiger partial charge >= 0.3 is 0 Å². The van der Waals surface area contributed by atoms with Crippen LogP contribution in [0.5, 0.6) is 0 Å². The fourth-order valence-electron chi connectivity index (χ4n) is 1.67. The first-order chi connectivity index (χ1) is 9.65. The third-order valence-corrected chi connectivity index (χ3v) is 3.06. The lowest BCUT2D eigenvalue weighted by Gasteiger charge is -2.04. The monoisotopic (exact) mass is 289 g/mol. The highest BCUT2D eigenvalue weighted by Crippen LogP contribution is 2.14. The van der Waals surface area contributed by atoms with E-state index in [2.05, 4.69) is 5.32 Å². The standard InChI is InChI=1S/C16H13ClFNO/c17-15-7-2-1-5-13(15)11-19-16(20)9-8-12-4-3-6-14(18)10-12/h1-10H,11H2,(H,19,20). The predicted molar refractivity (Wildman–Crippen MR) is 78.7 cm³/mol. The minimum Gasteiger partial charge on any atom is -0.348 e. The Morgan fingerprint density at radius 1 is 1.20 bits per heavy atom. The number of hydrogen-bond donors (Lipinski definition) is 1. The van der Waals surface area contributed by atoms with Crippen LogP contribution in [-0.2, 0) is 11.3 Å². The number of nitrogens with one attached hydrogen (secondary N) is 1. The minimum absolute atomic E-state index is 0.255. The van der Waals surface area contributed by atoms with Crippen molar-refractivity contribution in [2.45, 2.75) is 6.54 Å². The Kier molecular flexibility index (Phi) is 4.91. The summed E-state index contributed by atoms with van der Waals surface area (Å²) in [7, 11) is 0. The zero-order chi connectivity index (χ0) is 14.4. The SMILES string of the molecule is O=C(C=Cc1cccc(F)c1)NCc1ccccc1Cl. The van der Waals surface area contributed by atoms with Crippen LogP contribution in [0.3, 0.4) is 0 Å². The quantitative estimate of drug-likeness (QED) is 0.852. The van der Waals surface area contributed by atoms with Crippen molar-refractivity contribution in [2.24, 2.45) is 0 Å². The Balaban J connectivity index is 1.91. The maximum Gasteiger partial charge on any atom is 0.244 e. The van der Waals surface area contributed by atoms with E-state index in [1.54, 1.807) is 24.3 Å². The molecule has 1 amide bonds. The third kappa shape index (κ3) is 4.21. The Bertz CT molecular complexity index is 640. The maximum absolute atomic E-state index is 13.0. The first-order valence-electron chi connectivity index (χ1n) is 6.10. The molecular formula is C16H13ClFNO. The number of carbonyl (C=O) groups excluding carboxylic acids is 1. The van der Waals surface area contributed by atoms with Crippen molar-refractivity contribution in [2.75, 3.05) is 0 Å². The summed E-state index contributed by atoms with van der Waals surface area (Å²) in [6.07, 6.45) is 2.93. The molecule has 4 heteroatoms. The molecule has 2 rings (SSSR count). The van der Waals surface area contributed by atoms with E-state index in [1.807, 2.05) is 18.2 Å². The highest BCUT2D eigenvalue weighted by atomic mass is 35.5. The first-order valence-corrected chi connectivity index (χ1v) is 6.48. The zero-order valence-electron chi connectivity index (χ0n) is 10.6. The van der Waals surface area contributed by atoms with Crippen molar-refractivity contribution in [3.8, 4) is 0 Å². The number of rotatable bonds is 4. The van der Waals surface area contributed by atoms with Crippen LogP contribution < -0.4 is 5.32 Å². The van der Waals surface area contributed by atoms with Crippen LogP contribution in [0.4, 0.5) is 4.39 Å². The van der Waals surface area contributed by atoms with Crippen LogP contribution in [0, 0.1) is 5.82 Å². The Labute approximate surface area is 121 Å². The molecule has 1 N–H and O–H groups in total. The molecule has 20 heavy (non-hydrogen) atoms. The fraction of sp³-hybridized carbons (Fsp3) is 0.0625. The number of carbonyl (C=O) groups is 1. The summed E-state index contributed by atoms with van der Waals surface area (Å²) in [5.74, 6) is -0.585. The van der Waals surface area contributed by atoms with Gasteiger partial charge in [-0.3, -0.25) is 4.79 Å². The number of hydrogen-bond acceptors (Lipinski definition) is 1. The molecule has 0 aliphatic carbocycles. The topological polar surface area (TPSA) is 29.1 Å². The van der Waals surface area contributed by atoms with Gasteiger partial charge in [0.05, 0.1) is 0 Å². The number of halogens is 2. The molecule has 102 valence electrons. The number of benzene rings is 2. The Morgan fingerprint density at radius 2 is 2.00 bits per heavy atom. The smallest absolute Gasteiger partial charge is 0.244 e. The average molecular weight is 290 g/mol. The Hall–Kier alpha value is -2.13. The van der Waals surface area contributed by atoms with Gasteiger partial charge in [0, 0.05) is 17.6 Å². The lowest BCUT2D eigenvalue weighted by molar-refractivity contribution is -0.116. The summed E-state index contributed by atoms with van der Waals surface area (Å²) in [6, 6.07) is 13.3. The van der Waals surface area contributed by atoms with Gasteiger partial charge in [0.1, 0.15) is 5.82 Å². The van der Waals surface area contributed by atoms with Crippen molar-refractivity contribution in [1.82, 2.24) is 5.32 Å². The van der Waals surface area contributed by atoms with Crippen LogP contribution in [0.25, 0.3) is 6.08 Å². The molecule has 2 nitrogen and oxygen atoms in total. The van der Waals surface area contributed by atoms with E-state index in [9.17, 15) is 9.18 Å². The molecular weight excluding hydrogens is 277 g/mol. The zero-order valence-corrected chi connectivity index (χ0v) is 11.4. The largest absolute Gasteiger partial charge is 0.348 e. The van der Waals surface area contributed by atoms with Crippen LogP contribution >= 0.6 is 11.6 Å². The van der Waals surface area contributed by atoms with Crippen molar-refractivity contribution in [3.63, 3.8) is 0 Å². The molecule has 0 fully saturated rings. The van der Waals surface area contributed by atoms with Gasteiger partial charge in [-0.05, 0) is 35.4 Å². The van der Waals surface area contributed by atoms with Crippen LogP contribution in [0.1, 0.15) is 11.1 Å². The van der Waals surface area contributed by atoms with Crippen LogP contribution in [-0.4, -0.2) is 5.91 Å². The van der Waals surface area contributed by atoms with Gasteiger partial charge in [-0.2, -0.15) is 0 Å². The van der Waals surface area contributed by atoms with Crippen LogP contribution in [0.15, 0.2) is 54.6 Å². The summed E-state index contributed by atoms with van der Waals surface area (Å²) in [5.41, 5.74) is 1.49. The molecule has 0 aromatic heterocycles. The lowest BCUT2D eigenvalue weighted by atomic mass is 10.2. The second-order valence-electron chi connectivity index (χ2n) is 4.20. The summed E-state index contributed by atoms with van der Waals surface area (Å²) < 4.78 is 13.0. The Morgan fingerprint density at radius 3 is 2.75 bits per heavy atom. The van der Waals surface area contributed by atoms with E-state index in [0.717, 1.165) is 5.56 Å². The van der Waals surface area contributed by atoms with Gasteiger partial charge in [-0.15, -0.1) is 0 Å². The molecule has 0 saturated carbocycles. The average Bonchev–Trinajstić information content (AvgIpc) is 2.44. The molecule has 0 radical (unpaired) electrons. The summed E-state index contributed by atoms with van der Waals surface area (Å²) >= 11 is 5.99. The molecule has 0 aliphatic heterocycles. The highest BCUT2D eigenvalue weighted by Gasteiger charge is 2.00. The normalized spacial score (nSPS) is 10.7. The van der Waals surface area contributed by atoms with E-state index in [1.165, 1.54) is 18.2 Å². The number of amides is 1. The predicted octanol–water partition coefficient (Wildman–Crippen LogP) is 3.81. The van der Waals surface area contributed by atoms with Gasteiger partial charge in [-0.1, -0.05) is 41.9 Å². The van der Waals surface area contributed by atoms with E-state index in [4.69, 9.17) is 11.6 Å². The molecule has 0 bridgehead atoms. The van der Waals surface area contributed by atoms with E-state index in [0.29, 0.717) is 17.1 Å². The van der Waals surface area contributed by atoms with E-state index >= 15 is 0 Å². The molecule has 0 unspecified atom stereocenters. The van der Waals surface area contributed by atoms with Crippen molar-refractivity contribution in [3.05, 3.63) is 76.6 Å². The third-order valence-electron chi connectivity index (χ3n) is 2.69. The summed E-state index contributed by atoms with van der Waals surface area (Å²) in [5, 5.41) is 3.33. The fourth-order valence-corrected chi connectivity index (χ4v) is 1.87. The first kappa shape index (κ1) is 14.3. The highest BCUT2D eigenvalue weighted by molar-refractivity contribution is 6.31. The van der Waals surface area contributed by atoms with Crippen molar-refractivity contribution >= 4 is 23.6 Å². The second kappa shape index (κ2) is 6.87.